The summed E-state index contributed by atoms with van der Waals surface area (Å²) in [7, 11) is 4.56. The molecule has 0 heterocycles. The van der Waals surface area contributed by atoms with Gasteiger partial charge in [-0.1, -0.05) is 23.7 Å². The number of amides is 1. The molecule has 6 nitrogen and oxygen atoms in total. The standard InChI is InChI=1S/C20H22ClNO5/c1-5-6-13-7-8-16(17(9-13)24-2)27-12-20(23)22-15-11-19(26-4)18(25-3)10-14(15)21/h5,7-11H,1,6,12H2,2-4H3,(H,22,23). The number of halogens is 1. The highest BCUT2D eigenvalue weighted by Crippen LogP contribution is 2.36. The van der Waals surface area contributed by atoms with Crippen LogP contribution in [0, 0.1) is 0 Å². The van der Waals surface area contributed by atoms with E-state index in [0.717, 1.165) is 12.0 Å². The van der Waals surface area contributed by atoms with Gasteiger partial charge in [0.25, 0.3) is 5.91 Å². The SMILES string of the molecule is C=CCc1ccc(OCC(=O)Nc2cc(OC)c(OC)cc2Cl)c(OC)c1. The molecule has 0 saturated heterocycles. The average Bonchev–Trinajstić information content (AvgIpc) is 2.68. The molecule has 7 heteroatoms. The summed E-state index contributed by atoms with van der Waals surface area (Å²) in [4.78, 5) is 12.2. The van der Waals surface area contributed by atoms with E-state index in [2.05, 4.69) is 11.9 Å². The van der Waals surface area contributed by atoms with Crippen molar-refractivity contribution in [1.82, 2.24) is 0 Å². The molecule has 0 aliphatic heterocycles. The van der Waals surface area contributed by atoms with Gasteiger partial charge in [0, 0.05) is 12.1 Å². The Labute approximate surface area is 163 Å². The quantitative estimate of drug-likeness (QED) is 0.651. The molecular weight excluding hydrogens is 370 g/mol. The molecule has 1 amide bonds. The number of anilines is 1. The molecule has 0 aromatic heterocycles. The monoisotopic (exact) mass is 391 g/mol. The molecule has 2 aromatic rings. The van der Waals surface area contributed by atoms with Crippen molar-refractivity contribution in [2.45, 2.75) is 6.42 Å². The van der Waals surface area contributed by atoms with Gasteiger partial charge in [-0.2, -0.15) is 0 Å². The first kappa shape index (κ1) is 20.5. The average molecular weight is 392 g/mol. The summed E-state index contributed by atoms with van der Waals surface area (Å²) in [6.07, 6.45) is 2.52. The van der Waals surface area contributed by atoms with Gasteiger partial charge < -0.3 is 24.3 Å². The smallest absolute Gasteiger partial charge is 0.262 e. The van der Waals surface area contributed by atoms with Crippen molar-refractivity contribution in [2.75, 3.05) is 33.3 Å². The first-order valence-electron chi connectivity index (χ1n) is 8.14. The van der Waals surface area contributed by atoms with Crippen LogP contribution in [0.15, 0.2) is 43.0 Å². The third kappa shape index (κ3) is 5.31. The fraction of sp³-hybridized carbons (Fsp3) is 0.250. The summed E-state index contributed by atoms with van der Waals surface area (Å²) in [6, 6.07) is 8.65. The first-order chi connectivity index (χ1) is 13.0. The van der Waals surface area contributed by atoms with Gasteiger partial charge in [0.2, 0.25) is 0 Å². The maximum absolute atomic E-state index is 12.2. The van der Waals surface area contributed by atoms with Crippen LogP contribution in [0.4, 0.5) is 5.69 Å². The van der Waals surface area contributed by atoms with Crippen LogP contribution in [0.5, 0.6) is 23.0 Å². The van der Waals surface area contributed by atoms with Gasteiger partial charge >= 0.3 is 0 Å². The predicted octanol–water partition coefficient (Wildman–Crippen LogP) is 4.11. The predicted molar refractivity (Wildman–Crippen MR) is 106 cm³/mol. The van der Waals surface area contributed by atoms with Gasteiger partial charge in [0.15, 0.2) is 29.6 Å². The molecule has 0 fully saturated rings. The number of nitrogens with one attached hydrogen (secondary N) is 1. The Morgan fingerprint density at radius 2 is 1.67 bits per heavy atom. The normalized spacial score (nSPS) is 10.1. The van der Waals surface area contributed by atoms with E-state index in [1.54, 1.807) is 31.4 Å². The number of methoxy groups -OCH3 is 3. The Bertz CT molecular complexity index is 822. The molecule has 0 atom stereocenters. The topological polar surface area (TPSA) is 66.0 Å². The van der Waals surface area contributed by atoms with Crippen molar-refractivity contribution in [1.29, 1.82) is 0 Å². The van der Waals surface area contributed by atoms with E-state index < -0.39 is 0 Å². The molecule has 2 aromatic carbocycles. The lowest BCUT2D eigenvalue weighted by molar-refractivity contribution is -0.118. The van der Waals surface area contributed by atoms with E-state index in [0.29, 0.717) is 33.7 Å². The van der Waals surface area contributed by atoms with Crippen molar-refractivity contribution in [3.63, 3.8) is 0 Å². The first-order valence-corrected chi connectivity index (χ1v) is 8.52. The lowest BCUT2D eigenvalue weighted by atomic mass is 10.1. The van der Waals surface area contributed by atoms with E-state index in [1.165, 1.54) is 14.2 Å². The minimum Gasteiger partial charge on any atom is -0.493 e. The summed E-state index contributed by atoms with van der Waals surface area (Å²) in [6.45, 7) is 3.50. The van der Waals surface area contributed by atoms with Gasteiger partial charge in [-0.15, -0.1) is 6.58 Å². The molecule has 0 saturated carbocycles. The molecule has 0 aliphatic carbocycles. The Kier molecular flexibility index (Phi) is 7.37. The molecule has 2 rings (SSSR count). The molecule has 27 heavy (non-hydrogen) atoms. The summed E-state index contributed by atoms with van der Waals surface area (Å²) < 4.78 is 21.3. The van der Waals surface area contributed by atoms with Gasteiger partial charge in [-0.3, -0.25) is 4.79 Å². The van der Waals surface area contributed by atoms with Crippen molar-refractivity contribution in [3.05, 3.63) is 53.6 Å². The van der Waals surface area contributed by atoms with Crippen LogP contribution in [0.25, 0.3) is 0 Å². The molecule has 0 bridgehead atoms. The van der Waals surface area contributed by atoms with Crippen molar-refractivity contribution in [3.8, 4) is 23.0 Å². The van der Waals surface area contributed by atoms with Crippen LogP contribution in [-0.4, -0.2) is 33.8 Å². The third-order valence-electron chi connectivity index (χ3n) is 3.71. The Morgan fingerprint density at radius 1 is 1.04 bits per heavy atom. The minimum atomic E-state index is -0.374. The number of carbonyl (C=O) groups excluding carboxylic acids is 1. The highest BCUT2D eigenvalue weighted by Gasteiger charge is 2.13. The van der Waals surface area contributed by atoms with Crippen LogP contribution < -0.4 is 24.3 Å². The number of hydrogen-bond acceptors (Lipinski definition) is 5. The largest absolute Gasteiger partial charge is 0.493 e. The number of benzene rings is 2. The molecule has 0 spiro atoms. The van der Waals surface area contributed by atoms with Gasteiger partial charge in [0.1, 0.15) is 0 Å². The lowest BCUT2D eigenvalue weighted by Gasteiger charge is -2.14. The van der Waals surface area contributed by atoms with E-state index in [9.17, 15) is 4.79 Å². The zero-order chi connectivity index (χ0) is 19.8. The lowest BCUT2D eigenvalue weighted by Crippen LogP contribution is -2.20. The van der Waals surface area contributed by atoms with E-state index in [1.807, 2.05) is 12.1 Å². The minimum absolute atomic E-state index is 0.207. The fourth-order valence-corrected chi connectivity index (χ4v) is 2.61. The summed E-state index contributed by atoms with van der Waals surface area (Å²) in [5.41, 5.74) is 1.44. The zero-order valence-corrected chi connectivity index (χ0v) is 16.3. The summed E-state index contributed by atoms with van der Waals surface area (Å²) >= 11 is 6.17. The third-order valence-corrected chi connectivity index (χ3v) is 4.03. The maximum Gasteiger partial charge on any atom is 0.262 e. The van der Waals surface area contributed by atoms with Crippen LogP contribution in [0.3, 0.4) is 0 Å². The Balaban J connectivity index is 2.05. The zero-order valence-electron chi connectivity index (χ0n) is 15.5. The van der Waals surface area contributed by atoms with E-state index in [4.69, 9.17) is 30.5 Å². The van der Waals surface area contributed by atoms with Crippen molar-refractivity contribution >= 4 is 23.2 Å². The molecule has 1 N–H and O–H groups in total. The molecule has 144 valence electrons. The highest BCUT2D eigenvalue weighted by atomic mass is 35.5. The summed E-state index contributed by atoms with van der Waals surface area (Å²) in [5, 5.41) is 3.02. The van der Waals surface area contributed by atoms with Gasteiger partial charge in [-0.25, -0.2) is 0 Å². The van der Waals surface area contributed by atoms with Crippen LogP contribution >= 0.6 is 11.6 Å². The van der Waals surface area contributed by atoms with Crippen LogP contribution in [0.2, 0.25) is 5.02 Å². The number of allylic oxidation sites excluding steroid dienone is 1. The van der Waals surface area contributed by atoms with E-state index >= 15 is 0 Å². The van der Waals surface area contributed by atoms with Crippen LogP contribution in [-0.2, 0) is 11.2 Å². The Morgan fingerprint density at radius 3 is 2.30 bits per heavy atom. The van der Waals surface area contributed by atoms with Crippen molar-refractivity contribution < 1.29 is 23.7 Å². The van der Waals surface area contributed by atoms with Gasteiger partial charge in [0.05, 0.1) is 32.0 Å². The molecule has 0 aliphatic rings. The molecule has 0 unspecified atom stereocenters. The Hall–Kier alpha value is -2.86. The second-order valence-electron chi connectivity index (χ2n) is 5.50. The summed E-state index contributed by atoms with van der Waals surface area (Å²) in [5.74, 6) is 1.57. The number of ether oxygens (including phenoxy) is 4. The van der Waals surface area contributed by atoms with Crippen LogP contribution in [0.1, 0.15) is 5.56 Å². The van der Waals surface area contributed by atoms with Crippen molar-refractivity contribution in [2.24, 2.45) is 0 Å². The second-order valence-corrected chi connectivity index (χ2v) is 5.91. The molecular formula is C20H22ClNO5. The number of hydrogen-bond donors (Lipinski definition) is 1. The second kappa shape index (κ2) is 9.73. The number of rotatable bonds is 9. The van der Waals surface area contributed by atoms with Gasteiger partial charge in [-0.05, 0) is 24.1 Å². The van der Waals surface area contributed by atoms with E-state index in [-0.39, 0.29) is 12.5 Å². The fourth-order valence-electron chi connectivity index (χ4n) is 2.40. The molecule has 0 radical (unpaired) electrons. The number of carbonyl (C=O) groups is 1. The maximum atomic E-state index is 12.2. The highest BCUT2D eigenvalue weighted by molar-refractivity contribution is 6.34.